The molecule has 0 unspecified atom stereocenters. The zero-order chi connectivity index (χ0) is 32.8. The summed E-state index contributed by atoms with van der Waals surface area (Å²) in [5.74, 6) is 1.05. The molecule has 0 aliphatic carbocycles. The number of hydrogen-bond acceptors (Lipinski definition) is 10. The third-order valence-corrected chi connectivity index (χ3v) is 7.50. The highest BCUT2D eigenvalue weighted by Crippen LogP contribution is 2.36. The van der Waals surface area contributed by atoms with Crippen LogP contribution in [0.2, 0.25) is 0 Å². The van der Waals surface area contributed by atoms with E-state index in [0.29, 0.717) is 17.3 Å². The Bertz CT molecular complexity index is 1880. The van der Waals surface area contributed by atoms with E-state index in [1.807, 2.05) is 121 Å². The highest BCUT2D eigenvalue weighted by molar-refractivity contribution is 5.80. The Morgan fingerprint density at radius 2 is 1.10 bits per heavy atom. The van der Waals surface area contributed by atoms with Gasteiger partial charge in [-0.2, -0.15) is 20.4 Å². The number of nitrogens with zero attached hydrogens (tertiary/aromatic N) is 7. The van der Waals surface area contributed by atoms with E-state index in [-0.39, 0.29) is 0 Å². The van der Waals surface area contributed by atoms with Crippen LogP contribution in [0.5, 0.6) is 0 Å². The predicted molar refractivity (Wildman–Crippen MR) is 189 cm³/mol. The lowest BCUT2D eigenvalue weighted by molar-refractivity contribution is 0.0398. The Morgan fingerprint density at radius 1 is 0.625 bits per heavy atom. The summed E-state index contributed by atoms with van der Waals surface area (Å²) in [5, 5.41) is 35.2. The summed E-state index contributed by atoms with van der Waals surface area (Å²) in [6.45, 7) is 5.27. The summed E-state index contributed by atoms with van der Waals surface area (Å²) in [7, 11) is 0. The van der Waals surface area contributed by atoms with E-state index in [4.69, 9.17) is 10.5 Å². The first-order valence-electron chi connectivity index (χ1n) is 15.7. The van der Waals surface area contributed by atoms with Crippen molar-refractivity contribution >= 4 is 34.4 Å². The van der Waals surface area contributed by atoms with Gasteiger partial charge in [0.25, 0.3) is 0 Å². The monoisotopic (exact) mass is 639 g/mol. The van der Waals surface area contributed by atoms with Crippen LogP contribution in [0.3, 0.4) is 0 Å². The van der Waals surface area contributed by atoms with Gasteiger partial charge in [-0.15, -0.1) is 10.2 Å². The summed E-state index contributed by atoms with van der Waals surface area (Å²) < 4.78 is 5.40. The second-order valence-electron chi connectivity index (χ2n) is 10.8. The summed E-state index contributed by atoms with van der Waals surface area (Å²) >= 11 is 0. The Morgan fingerprint density at radius 3 is 1.67 bits per heavy atom. The number of morpholine rings is 1. The van der Waals surface area contributed by atoms with E-state index >= 15 is 0 Å². The number of nitrogen functional groups attached to an aromatic ring is 1. The molecule has 0 radical (unpaired) electrons. The first-order chi connectivity index (χ1) is 23.7. The molecule has 0 spiro atoms. The quantitative estimate of drug-likeness (QED) is 0.110. The molecule has 3 heterocycles. The summed E-state index contributed by atoms with van der Waals surface area (Å²) in [5.41, 5.74) is 12.3. The van der Waals surface area contributed by atoms with E-state index in [2.05, 4.69) is 51.1 Å². The maximum atomic E-state index is 5.85. The van der Waals surface area contributed by atoms with Crippen molar-refractivity contribution in [3.8, 4) is 22.5 Å². The average Bonchev–Trinajstić information content (AvgIpc) is 3.74. The van der Waals surface area contributed by atoms with E-state index in [0.717, 1.165) is 79.0 Å². The summed E-state index contributed by atoms with van der Waals surface area (Å²) in [6, 6.07) is 39.1. The molecule has 0 bridgehead atoms. The van der Waals surface area contributed by atoms with Crippen molar-refractivity contribution in [2.24, 2.45) is 20.5 Å². The predicted octanol–water partition coefficient (Wildman–Crippen LogP) is 8.31. The number of aromatic amines is 2. The summed E-state index contributed by atoms with van der Waals surface area (Å²) in [4.78, 5) is 2.38. The molecule has 12 heteroatoms. The van der Waals surface area contributed by atoms with Crippen LogP contribution < -0.4 is 11.1 Å². The molecule has 12 nitrogen and oxygen atoms in total. The first kappa shape index (κ1) is 32.0. The molecule has 5 N–H and O–H groups in total. The molecular weight excluding hydrogens is 602 g/mol. The number of aromatic nitrogens is 4. The van der Waals surface area contributed by atoms with Gasteiger partial charge in [0, 0.05) is 37.3 Å². The Kier molecular flexibility index (Phi) is 11.0. The fourth-order valence-corrected chi connectivity index (χ4v) is 4.98. The van der Waals surface area contributed by atoms with Gasteiger partial charge in [-0.25, -0.2) is 0 Å². The number of nitrogens with one attached hydrogen (secondary N) is 3. The largest absolute Gasteiger partial charge is 0.380 e. The molecule has 242 valence electrons. The molecule has 1 aliphatic rings. The highest BCUT2D eigenvalue weighted by atomic mass is 16.5. The number of hydrogen-bond donors (Lipinski definition) is 4. The lowest BCUT2D eigenvalue weighted by Gasteiger charge is -2.26. The fraction of sp³-hybridized carbons (Fsp3) is 0.167. The third kappa shape index (κ3) is 8.63. The number of anilines is 2. The number of ether oxygens (including phenoxy) is 1. The zero-order valence-corrected chi connectivity index (χ0v) is 26.4. The number of rotatable bonds is 10. The fourth-order valence-electron chi connectivity index (χ4n) is 4.98. The average molecular weight is 640 g/mol. The number of azo groups is 2. The molecule has 4 aromatic carbocycles. The second-order valence-corrected chi connectivity index (χ2v) is 10.8. The van der Waals surface area contributed by atoms with Gasteiger partial charge in [-0.05, 0) is 24.3 Å². The molecule has 2 aromatic heterocycles. The van der Waals surface area contributed by atoms with Gasteiger partial charge >= 0.3 is 0 Å². The Labute approximate surface area is 278 Å². The topological polar surface area (TPSA) is 157 Å². The van der Waals surface area contributed by atoms with E-state index in [1.165, 1.54) is 0 Å². The van der Waals surface area contributed by atoms with Crippen molar-refractivity contribution in [2.45, 2.75) is 0 Å². The molecule has 48 heavy (non-hydrogen) atoms. The standard InChI is InChI=1S/C21H24N6O.C15H13N5/c1-3-7-17(8-4-1)19-20(25-23-18-9-5-2-6-10-18)21(26-24-19)22-11-12-27-13-15-28-16-14-27;16-15-14(19-17-12-9-5-2-6-10-12)13(18-20-15)11-7-3-1-4-8-11/h1-10H,11-16H2,(H2,22,24,26);1-10H,(H3,16,18,20). The van der Waals surface area contributed by atoms with Crippen LogP contribution in [0, 0.1) is 0 Å². The van der Waals surface area contributed by atoms with Gasteiger partial charge in [0.1, 0.15) is 0 Å². The van der Waals surface area contributed by atoms with Crippen molar-refractivity contribution < 1.29 is 4.74 Å². The van der Waals surface area contributed by atoms with Gasteiger partial charge in [-0.1, -0.05) is 97.1 Å². The molecule has 0 atom stereocenters. The lowest BCUT2D eigenvalue weighted by atomic mass is 10.1. The molecule has 1 aliphatic heterocycles. The van der Waals surface area contributed by atoms with Gasteiger partial charge in [0.2, 0.25) is 0 Å². The van der Waals surface area contributed by atoms with E-state index in [1.54, 1.807) is 0 Å². The number of nitrogens with two attached hydrogens (primary N) is 1. The molecule has 0 saturated carbocycles. The maximum absolute atomic E-state index is 5.85. The molecule has 0 amide bonds. The van der Waals surface area contributed by atoms with Crippen LogP contribution in [-0.4, -0.2) is 64.7 Å². The Balaban J connectivity index is 0.000000177. The minimum absolute atomic E-state index is 0.337. The molecule has 1 saturated heterocycles. The molecule has 1 fully saturated rings. The van der Waals surface area contributed by atoms with Crippen LogP contribution in [0.4, 0.5) is 34.4 Å². The summed E-state index contributed by atoms with van der Waals surface area (Å²) in [6.07, 6.45) is 0. The van der Waals surface area contributed by atoms with Crippen LogP contribution in [0.1, 0.15) is 0 Å². The van der Waals surface area contributed by atoms with Crippen molar-refractivity contribution in [1.82, 2.24) is 25.3 Å². The minimum atomic E-state index is 0.337. The SMILES string of the molecule is Nc1n[nH]c(-c2ccccc2)c1N=Nc1ccccc1.c1ccc(N=Nc2c(NCCN3CCOCC3)n[nH]c2-c2ccccc2)cc1. The van der Waals surface area contributed by atoms with Crippen molar-refractivity contribution in [3.63, 3.8) is 0 Å². The lowest BCUT2D eigenvalue weighted by Crippen LogP contribution is -2.39. The van der Waals surface area contributed by atoms with Gasteiger partial charge in [-0.3, -0.25) is 15.1 Å². The molecular formula is C36H37N11O. The Hall–Kier alpha value is -5.98. The van der Waals surface area contributed by atoms with Crippen molar-refractivity contribution in [3.05, 3.63) is 121 Å². The van der Waals surface area contributed by atoms with E-state index in [9.17, 15) is 0 Å². The van der Waals surface area contributed by atoms with Gasteiger partial charge in [0.15, 0.2) is 23.0 Å². The third-order valence-electron chi connectivity index (χ3n) is 7.50. The normalized spacial score (nSPS) is 13.4. The van der Waals surface area contributed by atoms with E-state index < -0.39 is 0 Å². The highest BCUT2D eigenvalue weighted by Gasteiger charge is 2.16. The first-order valence-corrected chi connectivity index (χ1v) is 15.7. The van der Waals surface area contributed by atoms with Crippen molar-refractivity contribution in [1.29, 1.82) is 0 Å². The van der Waals surface area contributed by atoms with Crippen LogP contribution >= 0.6 is 0 Å². The molecule has 7 rings (SSSR count). The number of benzene rings is 4. The van der Waals surface area contributed by atoms with Crippen molar-refractivity contribution in [2.75, 3.05) is 50.4 Å². The number of H-pyrrole nitrogens is 2. The van der Waals surface area contributed by atoms with Crippen LogP contribution in [0.15, 0.2) is 142 Å². The van der Waals surface area contributed by atoms with Gasteiger partial charge < -0.3 is 15.8 Å². The smallest absolute Gasteiger partial charge is 0.176 e. The zero-order valence-electron chi connectivity index (χ0n) is 26.4. The molecule has 6 aromatic rings. The minimum Gasteiger partial charge on any atom is -0.380 e. The second kappa shape index (κ2) is 16.5. The van der Waals surface area contributed by atoms with Crippen LogP contribution in [0.25, 0.3) is 22.5 Å². The maximum Gasteiger partial charge on any atom is 0.176 e. The van der Waals surface area contributed by atoms with Gasteiger partial charge in [0.05, 0.1) is 36.0 Å². The van der Waals surface area contributed by atoms with Crippen LogP contribution in [-0.2, 0) is 4.74 Å².